The Labute approximate surface area is 114 Å². The van der Waals surface area contributed by atoms with E-state index in [0.717, 1.165) is 12.2 Å². The van der Waals surface area contributed by atoms with Crippen LogP contribution in [0.2, 0.25) is 0 Å². The van der Waals surface area contributed by atoms with Gasteiger partial charge in [-0.1, -0.05) is 0 Å². The molecule has 2 aromatic rings. The van der Waals surface area contributed by atoms with E-state index in [9.17, 15) is 0 Å². The smallest absolute Gasteiger partial charge is 0.237 e. The molecule has 2 rings (SSSR count). The minimum atomic E-state index is 0.620. The lowest BCUT2D eigenvalue weighted by atomic mass is 10.2. The van der Waals surface area contributed by atoms with Crippen molar-refractivity contribution in [2.24, 2.45) is 7.05 Å². The fourth-order valence-corrected chi connectivity index (χ4v) is 2.08. The van der Waals surface area contributed by atoms with E-state index in [0.29, 0.717) is 12.5 Å². The zero-order valence-electron chi connectivity index (χ0n) is 12.0. The molecule has 0 aromatic carbocycles. The highest BCUT2D eigenvalue weighted by Gasteiger charge is 2.08. The van der Waals surface area contributed by atoms with Gasteiger partial charge in [0.05, 0.1) is 12.3 Å². The Morgan fingerprint density at radius 3 is 2.79 bits per heavy atom. The Morgan fingerprint density at radius 2 is 2.16 bits per heavy atom. The van der Waals surface area contributed by atoms with Crippen LogP contribution >= 0.6 is 0 Å². The zero-order chi connectivity index (χ0) is 13.8. The minimum absolute atomic E-state index is 0.620. The van der Waals surface area contributed by atoms with E-state index in [4.69, 9.17) is 4.74 Å². The van der Waals surface area contributed by atoms with Crippen molar-refractivity contribution in [2.75, 3.05) is 11.9 Å². The molecule has 0 aliphatic carbocycles. The van der Waals surface area contributed by atoms with Crippen molar-refractivity contribution in [2.45, 2.75) is 27.3 Å². The van der Waals surface area contributed by atoms with Gasteiger partial charge in [0.25, 0.3) is 0 Å². The van der Waals surface area contributed by atoms with Crippen molar-refractivity contribution >= 4 is 5.69 Å². The van der Waals surface area contributed by atoms with Gasteiger partial charge in [-0.25, -0.2) is 4.98 Å². The third-order valence-electron chi connectivity index (χ3n) is 3.40. The van der Waals surface area contributed by atoms with Crippen LogP contribution in [0.1, 0.15) is 23.9 Å². The normalized spacial score (nSPS) is 10.5. The molecule has 0 saturated carbocycles. The number of nitrogens with one attached hydrogen (secondary N) is 1. The molecule has 0 saturated heterocycles. The van der Waals surface area contributed by atoms with Crippen LogP contribution in [-0.4, -0.2) is 16.2 Å². The molecule has 1 N–H and O–H groups in total. The summed E-state index contributed by atoms with van der Waals surface area (Å²) < 4.78 is 7.70. The summed E-state index contributed by atoms with van der Waals surface area (Å²) in [5.41, 5.74) is 4.79. The predicted molar refractivity (Wildman–Crippen MR) is 77.6 cm³/mol. The highest BCUT2D eigenvalue weighted by Crippen LogP contribution is 2.22. The highest BCUT2D eigenvalue weighted by molar-refractivity contribution is 5.52. The number of nitrogens with zero attached hydrogens (tertiary/aromatic N) is 2. The molecule has 102 valence electrons. The fourth-order valence-electron chi connectivity index (χ4n) is 2.08. The molecule has 0 bridgehead atoms. The molecular weight excluding hydrogens is 238 g/mol. The second kappa shape index (κ2) is 5.78. The van der Waals surface area contributed by atoms with Gasteiger partial charge in [0.1, 0.15) is 0 Å². The second-order valence-corrected chi connectivity index (χ2v) is 4.60. The van der Waals surface area contributed by atoms with Crippen LogP contribution in [0.25, 0.3) is 0 Å². The number of hydrogen-bond donors (Lipinski definition) is 1. The van der Waals surface area contributed by atoms with E-state index in [1.165, 1.54) is 17.0 Å². The fraction of sp³-hybridized carbons (Fsp3) is 0.400. The van der Waals surface area contributed by atoms with Gasteiger partial charge in [0.15, 0.2) is 0 Å². The lowest BCUT2D eigenvalue weighted by Gasteiger charge is -2.11. The average Bonchev–Trinajstić information content (AvgIpc) is 2.66. The van der Waals surface area contributed by atoms with Crippen molar-refractivity contribution in [3.8, 4) is 5.88 Å². The Bertz CT molecular complexity index is 561. The van der Waals surface area contributed by atoms with E-state index in [2.05, 4.69) is 41.8 Å². The number of anilines is 1. The van der Waals surface area contributed by atoms with Crippen molar-refractivity contribution < 1.29 is 4.74 Å². The zero-order valence-corrected chi connectivity index (χ0v) is 12.0. The summed E-state index contributed by atoms with van der Waals surface area (Å²) in [6.07, 6.45) is 1.74. The van der Waals surface area contributed by atoms with Crippen LogP contribution in [0, 0.1) is 13.8 Å². The minimum Gasteiger partial charge on any atom is -0.476 e. The lowest BCUT2D eigenvalue weighted by molar-refractivity contribution is 0.328. The molecule has 4 nitrogen and oxygen atoms in total. The standard InChI is InChI=1S/C15H21N3O/c1-5-19-15-14(7-6-8-16-15)17-10-13-9-11(2)18(4)12(13)3/h6-9,17H,5,10H2,1-4H3. The molecule has 2 heterocycles. The van der Waals surface area contributed by atoms with Gasteiger partial charge in [-0.05, 0) is 44.5 Å². The molecular formula is C15H21N3O. The number of pyridine rings is 1. The van der Waals surface area contributed by atoms with Crippen molar-refractivity contribution in [3.63, 3.8) is 0 Å². The number of ether oxygens (including phenoxy) is 1. The summed E-state index contributed by atoms with van der Waals surface area (Å²) in [7, 11) is 2.09. The Morgan fingerprint density at radius 1 is 1.37 bits per heavy atom. The van der Waals surface area contributed by atoms with Gasteiger partial charge in [0.2, 0.25) is 5.88 Å². The quantitative estimate of drug-likeness (QED) is 0.897. The molecule has 0 fully saturated rings. The average molecular weight is 259 g/mol. The molecule has 0 unspecified atom stereocenters. The summed E-state index contributed by atoms with van der Waals surface area (Å²) in [4.78, 5) is 4.24. The summed E-state index contributed by atoms with van der Waals surface area (Å²) in [6, 6.07) is 6.11. The van der Waals surface area contributed by atoms with E-state index >= 15 is 0 Å². The topological polar surface area (TPSA) is 39.1 Å². The Balaban J connectivity index is 2.12. The highest BCUT2D eigenvalue weighted by atomic mass is 16.5. The van der Waals surface area contributed by atoms with Gasteiger partial charge in [-0.15, -0.1) is 0 Å². The Kier molecular flexibility index (Phi) is 4.10. The number of aryl methyl sites for hydroxylation is 1. The van der Waals surface area contributed by atoms with Gasteiger partial charge in [0, 0.05) is 31.2 Å². The van der Waals surface area contributed by atoms with E-state index < -0.39 is 0 Å². The van der Waals surface area contributed by atoms with E-state index in [-0.39, 0.29) is 0 Å². The third kappa shape index (κ3) is 2.89. The first-order valence-corrected chi connectivity index (χ1v) is 6.57. The second-order valence-electron chi connectivity index (χ2n) is 4.60. The van der Waals surface area contributed by atoms with E-state index in [1.54, 1.807) is 6.20 Å². The SMILES string of the molecule is CCOc1ncccc1NCc1cc(C)n(C)c1C. The van der Waals surface area contributed by atoms with Gasteiger partial charge >= 0.3 is 0 Å². The van der Waals surface area contributed by atoms with Crippen LogP contribution < -0.4 is 10.1 Å². The number of rotatable bonds is 5. The maximum absolute atomic E-state index is 5.51. The molecule has 19 heavy (non-hydrogen) atoms. The van der Waals surface area contributed by atoms with Crippen LogP contribution in [0.5, 0.6) is 5.88 Å². The monoisotopic (exact) mass is 259 g/mol. The van der Waals surface area contributed by atoms with Gasteiger partial charge < -0.3 is 14.6 Å². The first kappa shape index (κ1) is 13.5. The number of aromatic nitrogens is 2. The molecule has 4 heteroatoms. The van der Waals surface area contributed by atoms with E-state index in [1.807, 2.05) is 19.1 Å². The number of hydrogen-bond acceptors (Lipinski definition) is 3. The van der Waals surface area contributed by atoms with Crippen LogP contribution in [0.15, 0.2) is 24.4 Å². The summed E-state index contributed by atoms with van der Waals surface area (Å²) >= 11 is 0. The first-order chi connectivity index (χ1) is 9.13. The van der Waals surface area contributed by atoms with Gasteiger partial charge in [-0.2, -0.15) is 0 Å². The van der Waals surface area contributed by atoms with Gasteiger partial charge in [-0.3, -0.25) is 0 Å². The molecule has 2 aromatic heterocycles. The van der Waals surface area contributed by atoms with Crippen molar-refractivity contribution in [3.05, 3.63) is 41.3 Å². The lowest BCUT2D eigenvalue weighted by Crippen LogP contribution is -2.04. The third-order valence-corrected chi connectivity index (χ3v) is 3.40. The molecule has 0 radical (unpaired) electrons. The molecule has 0 spiro atoms. The predicted octanol–water partition coefficient (Wildman–Crippen LogP) is 3.05. The largest absolute Gasteiger partial charge is 0.476 e. The van der Waals surface area contributed by atoms with Crippen molar-refractivity contribution in [1.82, 2.24) is 9.55 Å². The maximum atomic E-state index is 5.51. The maximum Gasteiger partial charge on any atom is 0.237 e. The van der Waals surface area contributed by atoms with Crippen LogP contribution in [0.3, 0.4) is 0 Å². The first-order valence-electron chi connectivity index (χ1n) is 6.57. The van der Waals surface area contributed by atoms with Crippen LogP contribution in [-0.2, 0) is 13.6 Å². The summed E-state index contributed by atoms with van der Waals surface area (Å²) in [6.45, 7) is 7.61. The summed E-state index contributed by atoms with van der Waals surface area (Å²) in [5.74, 6) is 0.662. The molecule has 0 amide bonds. The Hall–Kier alpha value is -1.97. The molecule has 0 atom stereocenters. The van der Waals surface area contributed by atoms with Crippen molar-refractivity contribution in [1.29, 1.82) is 0 Å². The molecule has 0 aliphatic heterocycles. The molecule has 0 aliphatic rings. The van der Waals surface area contributed by atoms with Crippen LogP contribution in [0.4, 0.5) is 5.69 Å². The summed E-state index contributed by atoms with van der Waals surface area (Å²) in [5, 5.41) is 3.39.